The van der Waals surface area contributed by atoms with E-state index >= 15 is 0 Å². The molecule has 0 bridgehead atoms. The summed E-state index contributed by atoms with van der Waals surface area (Å²) in [4.78, 5) is 4.61. The van der Waals surface area contributed by atoms with Crippen LogP contribution < -0.4 is 5.32 Å². The predicted molar refractivity (Wildman–Crippen MR) is 92.1 cm³/mol. The summed E-state index contributed by atoms with van der Waals surface area (Å²) in [5.41, 5.74) is 5.19. The van der Waals surface area contributed by atoms with E-state index in [0.717, 1.165) is 33.9 Å². The number of hydrogen-bond donors (Lipinski definition) is 2. The third-order valence-corrected chi connectivity index (χ3v) is 3.92. The lowest BCUT2D eigenvalue weighted by atomic mass is 10.1. The van der Waals surface area contributed by atoms with E-state index in [1.165, 1.54) is 0 Å². The number of nitrogens with one attached hydrogen (secondary N) is 2. The highest BCUT2D eigenvalue weighted by atomic mass is 15.2. The molecule has 0 saturated heterocycles. The summed E-state index contributed by atoms with van der Waals surface area (Å²) in [6.45, 7) is 0.650. The van der Waals surface area contributed by atoms with Crippen LogP contribution in [0.5, 0.6) is 0 Å². The van der Waals surface area contributed by atoms with E-state index in [4.69, 9.17) is 0 Å². The summed E-state index contributed by atoms with van der Waals surface area (Å²) in [5.74, 6) is 0.849. The minimum absolute atomic E-state index is 0.650. The molecule has 4 rings (SSSR count). The molecule has 4 aromatic rings. The van der Waals surface area contributed by atoms with Gasteiger partial charge < -0.3 is 9.88 Å². The van der Waals surface area contributed by atoms with Crippen molar-refractivity contribution in [3.05, 3.63) is 66.4 Å². The van der Waals surface area contributed by atoms with Crippen molar-refractivity contribution < 1.29 is 0 Å². The molecule has 5 nitrogen and oxygen atoms in total. The number of anilines is 1. The first-order valence-corrected chi connectivity index (χ1v) is 7.56. The maximum atomic E-state index is 4.61. The zero-order valence-electron chi connectivity index (χ0n) is 12.8. The molecular weight excluding hydrogens is 286 g/mol. The number of hydrogen-bond acceptors (Lipinski definition) is 3. The van der Waals surface area contributed by atoms with Gasteiger partial charge in [-0.15, -0.1) is 0 Å². The van der Waals surface area contributed by atoms with Gasteiger partial charge in [0.15, 0.2) is 0 Å². The van der Waals surface area contributed by atoms with E-state index in [-0.39, 0.29) is 0 Å². The Hall–Kier alpha value is -3.08. The number of rotatable bonds is 4. The van der Waals surface area contributed by atoms with Crippen LogP contribution in [0.25, 0.3) is 22.3 Å². The van der Waals surface area contributed by atoms with Gasteiger partial charge in [-0.25, -0.2) is 4.98 Å². The van der Waals surface area contributed by atoms with E-state index in [1.54, 1.807) is 0 Å². The van der Waals surface area contributed by atoms with Crippen LogP contribution in [0, 0.1) is 0 Å². The van der Waals surface area contributed by atoms with Gasteiger partial charge in [0.05, 0.1) is 29.0 Å². The van der Waals surface area contributed by atoms with Gasteiger partial charge in [-0.2, -0.15) is 5.10 Å². The van der Waals surface area contributed by atoms with Gasteiger partial charge in [0.2, 0.25) is 5.95 Å². The number of nitrogens with zero attached hydrogens (tertiary/aromatic N) is 3. The summed E-state index contributed by atoms with van der Waals surface area (Å²) in [7, 11) is 2.01. The normalized spacial score (nSPS) is 11.0. The number of aromatic amines is 1. The summed E-state index contributed by atoms with van der Waals surface area (Å²) in [5, 5.41) is 10.8. The minimum Gasteiger partial charge on any atom is -0.350 e. The standard InChI is InChI=1S/C18H17N5/c1-23-17-10-6-5-9-15(17)20-18(23)19-12-14-11-16(22-21-14)13-7-3-2-4-8-13/h2-11H,12H2,1H3,(H,19,20)(H,21,22). The second-order valence-electron chi connectivity index (χ2n) is 5.48. The fraction of sp³-hybridized carbons (Fsp3) is 0.111. The molecule has 0 radical (unpaired) electrons. The predicted octanol–water partition coefficient (Wildman–Crippen LogP) is 3.58. The Morgan fingerprint density at radius 3 is 2.65 bits per heavy atom. The molecule has 114 valence electrons. The van der Waals surface area contributed by atoms with Crippen LogP contribution in [0.1, 0.15) is 5.69 Å². The number of aromatic nitrogens is 4. The highest BCUT2D eigenvalue weighted by molar-refractivity contribution is 5.78. The van der Waals surface area contributed by atoms with Gasteiger partial charge in [-0.05, 0) is 18.2 Å². The summed E-state index contributed by atoms with van der Waals surface area (Å²) < 4.78 is 2.06. The lowest BCUT2D eigenvalue weighted by Crippen LogP contribution is -2.05. The van der Waals surface area contributed by atoms with Gasteiger partial charge in [0.1, 0.15) is 0 Å². The molecule has 0 atom stereocenters. The zero-order valence-corrected chi connectivity index (χ0v) is 12.8. The first kappa shape index (κ1) is 13.6. The van der Waals surface area contributed by atoms with Crippen molar-refractivity contribution in [1.29, 1.82) is 0 Å². The molecule has 2 heterocycles. The molecule has 0 unspecified atom stereocenters. The molecule has 0 aliphatic carbocycles. The largest absolute Gasteiger partial charge is 0.350 e. The van der Waals surface area contributed by atoms with E-state index in [0.29, 0.717) is 6.54 Å². The molecule has 2 N–H and O–H groups in total. The number of imidazole rings is 1. The zero-order chi connectivity index (χ0) is 15.6. The van der Waals surface area contributed by atoms with Crippen LogP contribution in [-0.2, 0) is 13.6 Å². The van der Waals surface area contributed by atoms with Gasteiger partial charge in [-0.3, -0.25) is 5.10 Å². The Kier molecular flexibility index (Phi) is 3.31. The van der Waals surface area contributed by atoms with Gasteiger partial charge in [-0.1, -0.05) is 42.5 Å². The topological polar surface area (TPSA) is 58.5 Å². The third kappa shape index (κ3) is 2.57. The summed E-state index contributed by atoms with van der Waals surface area (Å²) >= 11 is 0. The minimum atomic E-state index is 0.650. The highest BCUT2D eigenvalue weighted by Gasteiger charge is 2.08. The number of benzene rings is 2. The van der Waals surface area contributed by atoms with Crippen LogP contribution in [0.3, 0.4) is 0 Å². The average Bonchev–Trinajstić information content (AvgIpc) is 3.19. The Balaban J connectivity index is 1.53. The average molecular weight is 303 g/mol. The van der Waals surface area contributed by atoms with Crippen LogP contribution in [0.2, 0.25) is 0 Å². The van der Waals surface area contributed by atoms with E-state index < -0.39 is 0 Å². The number of aryl methyl sites for hydroxylation is 1. The molecule has 0 aliphatic rings. The third-order valence-electron chi connectivity index (χ3n) is 3.92. The molecule has 0 spiro atoms. The Bertz CT molecular complexity index is 936. The van der Waals surface area contributed by atoms with Crippen LogP contribution in [0.4, 0.5) is 5.95 Å². The van der Waals surface area contributed by atoms with Gasteiger partial charge in [0.25, 0.3) is 0 Å². The Labute approximate surface area is 134 Å². The van der Waals surface area contributed by atoms with E-state index in [2.05, 4.69) is 49.3 Å². The first-order chi connectivity index (χ1) is 11.3. The molecule has 5 heteroatoms. The van der Waals surface area contributed by atoms with Crippen molar-refractivity contribution in [3.63, 3.8) is 0 Å². The van der Waals surface area contributed by atoms with Crippen LogP contribution in [0.15, 0.2) is 60.7 Å². The van der Waals surface area contributed by atoms with Crippen molar-refractivity contribution in [2.75, 3.05) is 5.32 Å². The molecule has 23 heavy (non-hydrogen) atoms. The highest BCUT2D eigenvalue weighted by Crippen LogP contribution is 2.19. The molecule has 0 aliphatic heterocycles. The summed E-state index contributed by atoms with van der Waals surface area (Å²) in [6, 6.07) is 20.3. The fourth-order valence-electron chi connectivity index (χ4n) is 2.69. The maximum absolute atomic E-state index is 4.61. The number of H-pyrrole nitrogens is 1. The molecule has 0 amide bonds. The van der Waals surface area contributed by atoms with E-state index in [1.807, 2.05) is 43.4 Å². The van der Waals surface area contributed by atoms with Crippen molar-refractivity contribution in [2.45, 2.75) is 6.54 Å². The second kappa shape index (κ2) is 5.61. The van der Waals surface area contributed by atoms with Gasteiger partial charge >= 0.3 is 0 Å². The Morgan fingerprint density at radius 2 is 1.83 bits per heavy atom. The van der Waals surface area contributed by atoms with Crippen molar-refractivity contribution in [2.24, 2.45) is 7.05 Å². The van der Waals surface area contributed by atoms with Crippen molar-refractivity contribution in [1.82, 2.24) is 19.7 Å². The molecule has 0 saturated carbocycles. The smallest absolute Gasteiger partial charge is 0.203 e. The van der Waals surface area contributed by atoms with Crippen LogP contribution >= 0.6 is 0 Å². The maximum Gasteiger partial charge on any atom is 0.203 e. The van der Waals surface area contributed by atoms with Crippen molar-refractivity contribution in [3.8, 4) is 11.3 Å². The quantitative estimate of drug-likeness (QED) is 0.606. The Morgan fingerprint density at radius 1 is 1.04 bits per heavy atom. The van der Waals surface area contributed by atoms with E-state index in [9.17, 15) is 0 Å². The molecule has 0 fully saturated rings. The van der Waals surface area contributed by atoms with Gasteiger partial charge in [0, 0.05) is 12.6 Å². The molecule has 2 aromatic carbocycles. The lowest BCUT2D eigenvalue weighted by Gasteiger charge is -2.04. The molecule has 2 aromatic heterocycles. The van der Waals surface area contributed by atoms with Crippen molar-refractivity contribution >= 4 is 17.0 Å². The summed E-state index contributed by atoms with van der Waals surface area (Å²) in [6.07, 6.45) is 0. The second-order valence-corrected chi connectivity index (χ2v) is 5.48. The monoisotopic (exact) mass is 303 g/mol. The molecular formula is C18H17N5. The first-order valence-electron chi connectivity index (χ1n) is 7.56. The fourth-order valence-corrected chi connectivity index (χ4v) is 2.69. The van der Waals surface area contributed by atoms with Crippen LogP contribution in [-0.4, -0.2) is 19.7 Å². The lowest BCUT2D eigenvalue weighted by molar-refractivity contribution is 0.908. The SMILES string of the molecule is Cn1c(NCc2cc(-c3ccccc3)n[nH]2)nc2ccccc21. The number of para-hydroxylation sites is 2. The number of fused-ring (bicyclic) bond motifs is 1.